The Morgan fingerprint density at radius 2 is 1.69 bits per heavy atom. The van der Waals surface area contributed by atoms with Crippen LogP contribution >= 0.6 is 0 Å². The van der Waals surface area contributed by atoms with Crippen molar-refractivity contribution in [3.05, 3.63) is 0 Å². The van der Waals surface area contributed by atoms with Crippen LogP contribution in [0.15, 0.2) is 0 Å². The fourth-order valence-corrected chi connectivity index (χ4v) is 2.00. The zero-order valence-electron chi connectivity index (χ0n) is 11.6. The molecular formula is C14H31NO. The molecular weight excluding hydrogens is 198 g/mol. The summed E-state index contributed by atoms with van der Waals surface area (Å²) in [6, 6.07) is 0.665. The highest BCUT2D eigenvalue weighted by Crippen LogP contribution is 2.09. The highest BCUT2D eigenvalue weighted by atomic mass is 16.5. The molecule has 2 nitrogen and oxygen atoms in total. The molecule has 0 radical (unpaired) electrons. The largest absolute Gasteiger partial charge is 0.382 e. The van der Waals surface area contributed by atoms with Crippen molar-refractivity contribution in [2.24, 2.45) is 0 Å². The van der Waals surface area contributed by atoms with Gasteiger partial charge in [0.15, 0.2) is 0 Å². The average molecular weight is 229 g/mol. The van der Waals surface area contributed by atoms with E-state index in [1.807, 2.05) is 0 Å². The first-order chi connectivity index (χ1) is 7.85. The Morgan fingerprint density at radius 1 is 0.938 bits per heavy atom. The summed E-state index contributed by atoms with van der Waals surface area (Å²) in [7, 11) is 0. The van der Waals surface area contributed by atoms with Gasteiger partial charge in [-0.1, -0.05) is 46.0 Å². The summed E-state index contributed by atoms with van der Waals surface area (Å²) in [5.74, 6) is 0. The van der Waals surface area contributed by atoms with Crippen molar-refractivity contribution in [1.29, 1.82) is 0 Å². The third kappa shape index (κ3) is 10.4. The van der Waals surface area contributed by atoms with E-state index in [4.69, 9.17) is 4.74 Å². The van der Waals surface area contributed by atoms with Gasteiger partial charge >= 0.3 is 0 Å². The lowest BCUT2D eigenvalue weighted by molar-refractivity contribution is 0.135. The van der Waals surface area contributed by atoms with E-state index >= 15 is 0 Å². The highest BCUT2D eigenvalue weighted by molar-refractivity contribution is 4.65. The number of unbranched alkanes of at least 4 members (excludes halogenated alkanes) is 4. The molecule has 0 saturated carbocycles. The third-order valence-electron chi connectivity index (χ3n) is 2.96. The van der Waals surface area contributed by atoms with Crippen LogP contribution in [-0.2, 0) is 4.74 Å². The molecule has 0 aliphatic carbocycles. The maximum absolute atomic E-state index is 5.42. The topological polar surface area (TPSA) is 21.3 Å². The first-order valence-corrected chi connectivity index (χ1v) is 7.16. The summed E-state index contributed by atoms with van der Waals surface area (Å²) < 4.78 is 5.42. The van der Waals surface area contributed by atoms with Crippen LogP contribution in [0.2, 0.25) is 0 Å². The average Bonchev–Trinajstić information content (AvgIpc) is 2.29. The van der Waals surface area contributed by atoms with Crippen LogP contribution in [0.4, 0.5) is 0 Å². The fourth-order valence-electron chi connectivity index (χ4n) is 2.00. The number of ether oxygens (including phenoxy) is 1. The van der Waals surface area contributed by atoms with Gasteiger partial charge in [0, 0.05) is 19.3 Å². The van der Waals surface area contributed by atoms with Crippen molar-refractivity contribution in [2.75, 3.05) is 19.8 Å². The van der Waals surface area contributed by atoms with Crippen LogP contribution < -0.4 is 5.32 Å². The molecule has 1 N–H and O–H groups in total. The maximum Gasteiger partial charge on any atom is 0.0480 e. The van der Waals surface area contributed by atoms with E-state index in [2.05, 4.69) is 26.1 Å². The first kappa shape index (κ1) is 15.9. The quantitative estimate of drug-likeness (QED) is 0.515. The maximum atomic E-state index is 5.42. The van der Waals surface area contributed by atoms with Gasteiger partial charge in [0.1, 0.15) is 0 Å². The van der Waals surface area contributed by atoms with E-state index in [-0.39, 0.29) is 0 Å². The molecule has 0 amide bonds. The standard InChI is InChI=1S/C14H31NO/c1-4-7-8-9-10-11-14(15-5-2)12-13-16-6-3/h14-15H,4-13H2,1-3H3. The number of hydrogen-bond donors (Lipinski definition) is 1. The van der Waals surface area contributed by atoms with Crippen molar-refractivity contribution in [2.45, 2.75) is 71.8 Å². The van der Waals surface area contributed by atoms with Crippen molar-refractivity contribution >= 4 is 0 Å². The number of rotatable bonds is 12. The predicted octanol–water partition coefficient (Wildman–Crippen LogP) is 3.75. The second-order valence-corrected chi connectivity index (χ2v) is 4.44. The second-order valence-electron chi connectivity index (χ2n) is 4.44. The summed E-state index contributed by atoms with van der Waals surface area (Å²) in [6.45, 7) is 9.34. The molecule has 0 aliphatic rings. The molecule has 2 heteroatoms. The molecule has 0 spiro atoms. The van der Waals surface area contributed by atoms with Crippen molar-refractivity contribution in [3.63, 3.8) is 0 Å². The van der Waals surface area contributed by atoms with Gasteiger partial charge in [-0.25, -0.2) is 0 Å². The van der Waals surface area contributed by atoms with Gasteiger partial charge in [0.25, 0.3) is 0 Å². The number of nitrogens with one attached hydrogen (secondary N) is 1. The first-order valence-electron chi connectivity index (χ1n) is 7.16. The molecule has 16 heavy (non-hydrogen) atoms. The van der Waals surface area contributed by atoms with Crippen molar-refractivity contribution in [1.82, 2.24) is 5.32 Å². The Labute approximate surface area is 102 Å². The SMILES string of the molecule is CCCCCCCC(CCOCC)NCC. The molecule has 0 heterocycles. The summed E-state index contributed by atoms with van der Waals surface area (Å²) in [5, 5.41) is 3.55. The third-order valence-corrected chi connectivity index (χ3v) is 2.96. The van der Waals surface area contributed by atoms with Crippen LogP contribution in [0.3, 0.4) is 0 Å². The summed E-state index contributed by atoms with van der Waals surface area (Å²) in [4.78, 5) is 0. The molecule has 98 valence electrons. The molecule has 0 aromatic heterocycles. The molecule has 1 unspecified atom stereocenters. The van der Waals surface area contributed by atoms with Gasteiger partial charge < -0.3 is 10.1 Å². The van der Waals surface area contributed by atoms with Crippen LogP contribution in [-0.4, -0.2) is 25.8 Å². The van der Waals surface area contributed by atoms with Gasteiger partial charge in [0.05, 0.1) is 0 Å². The zero-order chi connectivity index (χ0) is 12.1. The molecule has 0 saturated heterocycles. The van der Waals surface area contributed by atoms with Gasteiger partial charge in [-0.2, -0.15) is 0 Å². The normalized spacial score (nSPS) is 12.9. The second kappa shape index (κ2) is 13.0. The molecule has 0 aliphatic heterocycles. The summed E-state index contributed by atoms with van der Waals surface area (Å²) in [5.41, 5.74) is 0. The van der Waals surface area contributed by atoms with Crippen molar-refractivity contribution in [3.8, 4) is 0 Å². The predicted molar refractivity (Wildman–Crippen MR) is 72.0 cm³/mol. The number of hydrogen-bond acceptors (Lipinski definition) is 2. The van der Waals surface area contributed by atoms with E-state index in [1.165, 1.54) is 38.5 Å². The highest BCUT2D eigenvalue weighted by Gasteiger charge is 2.06. The lowest BCUT2D eigenvalue weighted by Crippen LogP contribution is -2.30. The lowest BCUT2D eigenvalue weighted by atomic mass is 10.0. The van der Waals surface area contributed by atoms with E-state index in [0.717, 1.165) is 26.2 Å². The Balaban J connectivity index is 3.43. The minimum Gasteiger partial charge on any atom is -0.382 e. The summed E-state index contributed by atoms with van der Waals surface area (Å²) in [6.07, 6.45) is 9.36. The Kier molecular flexibility index (Phi) is 12.9. The minimum absolute atomic E-state index is 0.665. The molecule has 0 aromatic rings. The molecule has 0 bridgehead atoms. The molecule has 1 atom stereocenters. The Hall–Kier alpha value is -0.0800. The smallest absolute Gasteiger partial charge is 0.0480 e. The monoisotopic (exact) mass is 229 g/mol. The van der Waals surface area contributed by atoms with Crippen LogP contribution in [0.25, 0.3) is 0 Å². The fraction of sp³-hybridized carbons (Fsp3) is 1.00. The van der Waals surface area contributed by atoms with Crippen LogP contribution in [0.5, 0.6) is 0 Å². The van der Waals surface area contributed by atoms with E-state index in [0.29, 0.717) is 6.04 Å². The van der Waals surface area contributed by atoms with Crippen LogP contribution in [0.1, 0.15) is 65.7 Å². The van der Waals surface area contributed by atoms with Crippen molar-refractivity contribution < 1.29 is 4.74 Å². The Morgan fingerprint density at radius 3 is 2.31 bits per heavy atom. The molecule has 0 aromatic carbocycles. The van der Waals surface area contributed by atoms with Gasteiger partial charge in [-0.3, -0.25) is 0 Å². The van der Waals surface area contributed by atoms with Gasteiger partial charge in [-0.05, 0) is 26.3 Å². The van der Waals surface area contributed by atoms with E-state index < -0.39 is 0 Å². The lowest BCUT2D eigenvalue weighted by Gasteiger charge is -2.17. The van der Waals surface area contributed by atoms with E-state index in [9.17, 15) is 0 Å². The molecule has 0 fully saturated rings. The van der Waals surface area contributed by atoms with E-state index in [1.54, 1.807) is 0 Å². The minimum atomic E-state index is 0.665. The van der Waals surface area contributed by atoms with Gasteiger partial charge in [0.2, 0.25) is 0 Å². The Bertz CT molecular complexity index is 128. The zero-order valence-corrected chi connectivity index (χ0v) is 11.6. The summed E-state index contributed by atoms with van der Waals surface area (Å²) >= 11 is 0. The molecule has 0 rings (SSSR count). The van der Waals surface area contributed by atoms with Crippen LogP contribution in [0, 0.1) is 0 Å². The van der Waals surface area contributed by atoms with Gasteiger partial charge in [-0.15, -0.1) is 0 Å².